The van der Waals surface area contributed by atoms with Gasteiger partial charge in [-0.3, -0.25) is 5.10 Å². The van der Waals surface area contributed by atoms with Crippen molar-refractivity contribution >= 4 is 32.6 Å². The molecule has 0 aliphatic heterocycles. The zero-order valence-electron chi connectivity index (χ0n) is 16.7. The smallest absolute Gasteiger partial charge is 0.238 e. The van der Waals surface area contributed by atoms with Crippen LogP contribution in [0.5, 0.6) is 0 Å². The maximum atomic E-state index is 11.5. The number of aromatic amines is 1. The average Bonchev–Trinajstić information content (AvgIpc) is 3.18. The van der Waals surface area contributed by atoms with Gasteiger partial charge in [-0.05, 0) is 49.6 Å². The van der Waals surface area contributed by atoms with E-state index < -0.39 is 10.0 Å². The van der Waals surface area contributed by atoms with Crippen molar-refractivity contribution in [2.45, 2.75) is 25.2 Å². The van der Waals surface area contributed by atoms with Crippen molar-refractivity contribution in [1.29, 1.82) is 0 Å². The number of benzene rings is 2. The molecule has 2 aromatic heterocycles. The van der Waals surface area contributed by atoms with Crippen molar-refractivity contribution in [3.05, 3.63) is 71.7 Å². The highest BCUT2D eigenvalue weighted by Gasteiger charge is 2.18. The number of nitrogens with one attached hydrogen (secondary N) is 1. The molecule has 0 spiro atoms. The molecule has 0 amide bonds. The van der Waals surface area contributed by atoms with Gasteiger partial charge in [0.25, 0.3) is 0 Å². The van der Waals surface area contributed by atoms with Gasteiger partial charge in [-0.15, -0.1) is 0 Å². The minimum absolute atomic E-state index is 0.105. The molecule has 0 atom stereocenters. The molecule has 4 rings (SSSR count). The molecule has 0 saturated carbocycles. The number of hydrogen-bond donors (Lipinski definition) is 2. The summed E-state index contributed by atoms with van der Waals surface area (Å²) in [6.45, 7) is 4.77. The Morgan fingerprint density at radius 1 is 1.07 bits per heavy atom. The summed E-state index contributed by atoms with van der Waals surface area (Å²) in [6.07, 6.45) is 3.93. The molecule has 0 saturated heterocycles. The third kappa shape index (κ3) is 4.03. The average molecular weight is 423 g/mol. The predicted molar refractivity (Wildman–Crippen MR) is 116 cm³/mol. The first-order valence-electron chi connectivity index (χ1n) is 9.43. The molecule has 2 heterocycles. The van der Waals surface area contributed by atoms with Crippen LogP contribution in [0.1, 0.15) is 16.7 Å². The van der Waals surface area contributed by atoms with Crippen molar-refractivity contribution < 1.29 is 8.42 Å². The molecule has 0 radical (unpaired) electrons. The highest BCUT2D eigenvalue weighted by Crippen LogP contribution is 2.31. The van der Waals surface area contributed by atoms with E-state index >= 15 is 0 Å². The van der Waals surface area contributed by atoms with E-state index in [9.17, 15) is 8.42 Å². The van der Waals surface area contributed by atoms with Crippen LogP contribution < -0.4 is 10.0 Å². The Labute approximate surface area is 174 Å². The molecular formula is C21H22N6O2S. The zero-order chi connectivity index (χ0) is 21.3. The SMILES string of the molecule is Cc1ccc(N(CCc2ccc(S(N)(=O)=O)cc2)c2ncnc3[nH]ncc23)c(C)c1. The predicted octanol–water partition coefficient (Wildman–Crippen LogP) is 3.00. The lowest BCUT2D eigenvalue weighted by Crippen LogP contribution is -2.22. The van der Waals surface area contributed by atoms with Crippen molar-refractivity contribution in [2.24, 2.45) is 5.14 Å². The van der Waals surface area contributed by atoms with E-state index in [2.05, 4.69) is 57.1 Å². The second-order valence-electron chi connectivity index (χ2n) is 7.21. The van der Waals surface area contributed by atoms with Gasteiger partial charge < -0.3 is 4.90 Å². The molecule has 154 valence electrons. The van der Waals surface area contributed by atoms with Gasteiger partial charge in [0, 0.05) is 12.2 Å². The number of aryl methyl sites for hydroxylation is 2. The molecule has 9 heteroatoms. The molecule has 4 aromatic rings. The fourth-order valence-electron chi connectivity index (χ4n) is 3.50. The van der Waals surface area contributed by atoms with Gasteiger partial charge in [0.15, 0.2) is 5.65 Å². The number of aromatic nitrogens is 4. The van der Waals surface area contributed by atoms with Crippen molar-refractivity contribution in [3.8, 4) is 0 Å². The molecule has 0 aliphatic carbocycles. The monoisotopic (exact) mass is 422 g/mol. The minimum Gasteiger partial charge on any atom is -0.325 e. The standard InChI is InChI=1S/C21H22N6O2S/c1-14-3-8-19(15(2)11-14)27(21-18-12-25-26-20(18)23-13-24-21)10-9-16-4-6-17(7-5-16)30(22,28)29/h3-8,11-13H,9-10H2,1-2H3,(H2,22,28,29)(H,23,24,25,26). The van der Waals surface area contributed by atoms with Crippen LogP contribution in [-0.2, 0) is 16.4 Å². The number of anilines is 2. The first-order valence-corrected chi connectivity index (χ1v) is 11.0. The molecule has 0 aliphatic rings. The lowest BCUT2D eigenvalue weighted by molar-refractivity contribution is 0.598. The molecule has 8 nitrogen and oxygen atoms in total. The Hall–Kier alpha value is -3.30. The van der Waals surface area contributed by atoms with E-state index in [-0.39, 0.29) is 4.90 Å². The Balaban J connectivity index is 1.70. The molecule has 2 aromatic carbocycles. The van der Waals surface area contributed by atoms with Crippen LogP contribution in [0.3, 0.4) is 0 Å². The molecular weight excluding hydrogens is 400 g/mol. The fourth-order valence-corrected chi connectivity index (χ4v) is 4.02. The number of nitrogens with zero attached hydrogens (tertiary/aromatic N) is 4. The Morgan fingerprint density at radius 3 is 2.53 bits per heavy atom. The van der Waals surface area contributed by atoms with Crippen LogP contribution in [0.4, 0.5) is 11.5 Å². The second kappa shape index (κ2) is 7.85. The van der Waals surface area contributed by atoms with Crippen molar-refractivity contribution in [2.75, 3.05) is 11.4 Å². The summed E-state index contributed by atoms with van der Waals surface area (Å²) >= 11 is 0. The first kappa shape index (κ1) is 20.0. The van der Waals surface area contributed by atoms with E-state index in [1.165, 1.54) is 24.0 Å². The Morgan fingerprint density at radius 2 is 1.83 bits per heavy atom. The zero-order valence-corrected chi connectivity index (χ0v) is 17.5. The Kier molecular flexibility index (Phi) is 5.23. The van der Waals surface area contributed by atoms with Gasteiger partial charge >= 0.3 is 0 Å². The number of H-pyrrole nitrogens is 1. The maximum absolute atomic E-state index is 11.5. The highest BCUT2D eigenvalue weighted by atomic mass is 32.2. The van der Waals surface area contributed by atoms with Gasteiger partial charge in [-0.2, -0.15) is 5.10 Å². The fraction of sp³-hybridized carbons (Fsp3) is 0.190. The Bertz CT molecular complexity index is 1300. The number of nitrogens with two attached hydrogens (primary N) is 1. The quantitative estimate of drug-likeness (QED) is 0.493. The van der Waals surface area contributed by atoms with Gasteiger partial charge in [0.2, 0.25) is 10.0 Å². The lowest BCUT2D eigenvalue weighted by Gasteiger charge is -2.26. The molecule has 0 fully saturated rings. The van der Waals surface area contributed by atoms with Gasteiger partial charge in [-0.1, -0.05) is 29.8 Å². The van der Waals surface area contributed by atoms with Crippen LogP contribution in [0.2, 0.25) is 0 Å². The minimum atomic E-state index is -3.70. The van der Waals surface area contributed by atoms with E-state index in [1.54, 1.807) is 18.3 Å². The summed E-state index contributed by atoms with van der Waals surface area (Å²) < 4.78 is 23.0. The van der Waals surface area contributed by atoms with E-state index in [0.717, 1.165) is 28.0 Å². The number of hydrogen-bond acceptors (Lipinski definition) is 6. The maximum Gasteiger partial charge on any atom is 0.238 e. The molecule has 3 N–H and O–H groups in total. The van der Waals surface area contributed by atoms with E-state index in [1.807, 2.05) is 0 Å². The number of sulfonamides is 1. The normalized spacial score (nSPS) is 11.7. The summed E-state index contributed by atoms with van der Waals surface area (Å²) in [6, 6.07) is 12.9. The second-order valence-corrected chi connectivity index (χ2v) is 8.77. The summed E-state index contributed by atoms with van der Waals surface area (Å²) in [5.74, 6) is 0.766. The number of fused-ring (bicyclic) bond motifs is 1. The lowest BCUT2D eigenvalue weighted by atomic mass is 10.1. The van der Waals surface area contributed by atoms with Crippen LogP contribution in [0.15, 0.2) is 59.9 Å². The third-order valence-electron chi connectivity index (χ3n) is 5.00. The van der Waals surface area contributed by atoms with Crippen molar-refractivity contribution in [1.82, 2.24) is 20.2 Å². The summed E-state index contributed by atoms with van der Waals surface area (Å²) in [5.41, 5.74) is 5.03. The van der Waals surface area contributed by atoms with Crippen LogP contribution >= 0.6 is 0 Å². The van der Waals surface area contributed by atoms with Gasteiger partial charge in [0.1, 0.15) is 12.1 Å². The summed E-state index contributed by atoms with van der Waals surface area (Å²) in [7, 11) is -3.70. The van der Waals surface area contributed by atoms with E-state index in [4.69, 9.17) is 5.14 Å². The highest BCUT2D eigenvalue weighted by molar-refractivity contribution is 7.89. The summed E-state index contributed by atoms with van der Waals surface area (Å²) in [4.78, 5) is 11.0. The van der Waals surface area contributed by atoms with Crippen LogP contribution in [0, 0.1) is 13.8 Å². The van der Waals surface area contributed by atoms with E-state index in [0.29, 0.717) is 18.6 Å². The van der Waals surface area contributed by atoms with Crippen LogP contribution in [-0.4, -0.2) is 35.1 Å². The van der Waals surface area contributed by atoms with Gasteiger partial charge in [-0.25, -0.2) is 23.5 Å². The molecule has 0 bridgehead atoms. The van der Waals surface area contributed by atoms with Crippen LogP contribution in [0.25, 0.3) is 11.0 Å². The largest absolute Gasteiger partial charge is 0.325 e. The third-order valence-corrected chi connectivity index (χ3v) is 5.93. The summed E-state index contributed by atoms with van der Waals surface area (Å²) in [5, 5.41) is 13.0. The number of primary sulfonamides is 1. The van der Waals surface area contributed by atoms with Crippen molar-refractivity contribution in [3.63, 3.8) is 0 Å². The molecule has 0 unspecified atom stereocenters. The first-order chi connectivity index (χ1) is 14.3. The molecule has 30 heavy (non-hydrogen) atoms. The van der Waals surface area contributed by atoms with Gasteiger partial charge in [0.05, 0.1) is 16.5 Å². The number of rotatable bonds is 6. The topological polar surface area (TPSA) is 118 Å².